The molecule has 2 rings (SSSR count). The second kappa shape index (κ2) is 7.74. The summed E-state index contributed by atoms with van der Waals surface area (Å²) < 4.78 is 3.21. The summed E-state index contributed by atoms with van der Waals surface area (Å²) in [6, 6.07) is 3.44. The number of nitrogens with two attached hydrogens (primary N) is 1. The van der Waals surface area contributed by atoms with Crippen LogP contribution in [0, 0.1) is 0 Å². The van der Waals surface area contributed by atoms with Crippen molar-refractivity contribution in [3.63, 3.8) is 0 Å². The lowest BCUT2D eigenvalue weighted by Crippen LogP contribution is -2.40. The molecule has 0 unspecified atom stereocenters. The van der Waals surface area contributed by atoms with Crippen LogP contribution >= 0.6 is 34.8 Å². The fraction of sp³-hybridized carbons (Fsp3) is 0.429. The minimum atomic E-state index is -1.80. The van der Waals surface area contributed by atoms with Crippen LogP contribution in [0.4, 0.5) is 17.6 Å². The summed E-state index contributed by atoms with van der Waals surface area (Å²) in [4.78, 5) is 16.6. The van der Waals surface area contributed by atoms with E-state index in [1.54, 1.807) is 18.3 Å². The Bertz CT molecular complexity index is 714. The van der Waals surface area contributed by atoms with Crippen molar-refractivity contribution in [2.45, 2.75) is 23.2 Å². The lowest BCUT2D eigenvalue weighted by molar-refractivity contribution is 0.398. The van der Waals surface area contributed by atoms with Gasteiger partial charge in [0, 0.05) is 18.2 Å². The van der Waals surface area contributed by atoms with Gasteiger partial charge >= 0.3 is 0 Å². The number of nitrogens with zero attached hydrogens (tertiary/aromatic N) is 4. The Morgan fingerprint density at radius 2 is 1.80 bits per heavy atom. The minimum Gasteiger partial charge on any atom is -0.481 e. The van der Waals surface area contributed by atoms with Gasteiger partial charge < -0.3 is 21.1 Å². The number of hydrogen-bond donors (Lipinski definition) is 3. The van der Waals surface area contributed by atoms with Gasteiger partial charge in [-0.15, -0.1) is 0 Å². The Morgan fingerprint density at radius 1 is 1.12 bits per heavy atom. The molecular formula is C14H18Cl3N7O. The van der Waals surface area contributed by atoms with Crippen molar-refractivity contribution in [2.75, 3.05) is 24.3 Å². The molecule has 0 aliphatic rings. The number of pyridine rings is 1. The van der Waals surface area contributed by atoms with E-state index < -0.39 is 9.33 Å². The molecule has 0 aromatic carbocycles. The molecule has 0 saturated carbocycles. The standard InChI is InChI=1S/C14H18Cl3N7O/c1-13(2,18)7-20-11-22-10(14(15,16)17)23-12(24-11)21-8-4-5-9(25-3)19-6-8/h4-6H,7,18H2,1-3H3,(H2,20,21,22,23,24). The Hall–Kier alpha value is -1.61. The zero-order valence-electron chi connectivity index (χ0n) is 13.8. The van der Waals surface area contributed by atoms with E-state index in [9.17, 15) is 0 Å². The van der Waals surface area contributed by atoms with Gasteiger partial charge in [0.25, 0.3) is 0 Å². The molecule has 11 heteroatoms. The van der Waals surface area contributed by atoms with Gasteiger partial charge in [0.05, 0.1) is 19.0 Å². The van der Waals surface area contributed by atoms with Crippen LogP contribution in [-0.4, -0.2) is 39.1 Å². The van der Waals surface area contributed by atoms with E-state index in [2.05, 4.69) is 30.6 Å². The van der Waals surface area contributed by atoms with E-state index >= 15 is 0 Å². The number of methoxy groups -OCH3 is 1. The molecule has 0 bridgehead atoms. The molecule has 2 aromatic heterocycles. The van der Waals surface area contributed by atoms with Crippen molar-refractivity contribution in [3.8, 4) is 5.88 Å². The Morgan fingerprint density at radius 3 is 2.32 bits per heavy atom. The van der Waals surface area contributed by atoms with Crippen LogP contribution in [0.2, 0.25) is 0 Å². The molecule has 0 fully saturated rings. The maximum Gasteiger partial charge on any atom is 0.250 e. The van der Waals surface area contributed by atoms with Gasteiger partial charge in [-0.3, -0.25) is 0 Å². The van der Waals surface area contributed by atoms with E-state index in [1.807, 2.05) is 13.8 Å². The largest absolute Gasteiger partial charge is 0.481 e. The zero-order chi connectivity index (χ0) is 18.7. The molecule has 0 saturated heterocycles. The number of rotatable bonds is 6. The quantitative estimate of drug-likeness (QED) is 0.628. The third-order valence-electron chi connectivity index (χ3n) is 2.79. The molecule has 0 radical (unpaired) electrons. The SMILES string of the molecule is COc1ccc(Nc2nc(NCC(C)(C)N)nc(C(Cl)(Cl)Cl)n2)cn1. The first-order valence-electron chi connectivity index (χ1n) is 7.20. The first-order valence-corrected chi connectivity index (χ1v) is 8.33. The molecule has 0 spiro atoms. The fourth-order valence-corrected chi connectivity index (χ4v) is 1.90. The molecule has 8 nitrogen and oxygen atoms in total. The van der Waals surface area contributed by atoms with Gasteiger partial charge in [0.15, 0.2) is 5.82 Å². The van der Waals surface area contributed by atoms with Crippen LogP contribution in [0.25, 0.3) is 0 Å². The van der Waals surface area contributed by atoms with Gasteiger partial charge in [-0.1, -0.05) is 34.8 Å². The molecule has 4 N–H and O–H groups in total. The molecule has 0 aliphatic heterocycles. The lowest BCUT2D eigenvalue weighted by Gasteiger charge is -2.20. The predicted octanol–water partition coefficient (Wildman–Crippen LogP) is 2.99. The summed E-state index contributed by atoms with van der Waals surface area (Å²) in [5, 5.41) is 5.98. The first kappa shape index (κ1) is 19.7. The summed E-state index contributed by atoms with van der Waals surface area (Å²) in [5.41, 5.74) is 6.11. The number of anilines is 3. The van der Waals surface area contributed by atoms with Crippen LogP contribution in [0.15, 0.2) is 18.3 Å². The number of halogens is 3. The minimum absolute atomic E-state index is 0.0196. The van der Waals surface area contributed by atoms with Crippen LogP contribution in [0.1, 0.15) is 19.7 Å². The zero-order valence-corrected chi connectivity index (χ0v) is 16.1. The highest BCUT2D eigenvalue weighted by atomic mass is 35.6. The third-order valence-corrected chi connectivity index (χ3v) is 3.30. The highest BCUT2D eigenvalue weighted by molar-refractivity contribution is 6.66. The van der Waals surface area contributed by atoms with Crippen molar-refractivity contribution < 1.29 is 4.74 Å². The van der Waals surface area contributed by atoms with Crippen molar-refractivity contribution in [2.24, 2.45) is 5.73 Å². The number of ether oxygens (including phenoxy) is 1. The van der Waals surface area contributed by atoms with Gasteiger partial charge in [-0.2, -0.15) is 15.0 Å². The average molecular weight is 407 g/mol. The molecule has 2 aromatic rings. The maximum atomic E-state index is 5.95. The maximum absolute atomic E-state index is 5.95. The monoisotopic (exact) mass is 405 g/mol. The summed E-state index contributed by atoms with van der Waals surface area (Å²) in [6.07, 6.45) is 1.56. The number of nitrogens with one attached hydrogen (secondary N) is 2. The van der Waals surface area contributed by atoms with Crippen molar-refractivity contribution in [3.05, 3.63) is 24.2 Å². The van der Waals surface area contributed by atoms with E-state index in [-0.39, 0.29) is 17.7 Å². The van der Waals surface area contributed by atoms with Crippen LogP contribution in [0.3, 0.4) is 0 Å². The second-order valence-electron chi connectivity index (χ2n) is 5.86. The van der Waals surface area contributed by atoms with E-state index in [1.165, 1.54) is 7.11 Å². The lowest BCUT2D eigenvalue weighted by atomic mass is 10.1. The van der Waals surface area contributed by atoms with Crippen LogP contribution in [0.5, 0.6) is 5.88 Å². The Kier molecular flexibility index (Phi) is 6.10. The highest BCUT2D eigenvalue weighted by Crippen LogP contribution is 2.36. The third kappa shape index (κ3) is 6.32. The first-order chi connectivity index (χ1) is 11.6. The van der Waals surface area contributed by atoms with Gasteiger partial charge in [0.2, 0.25) is 21.6 Å². The van der Waals surface area contributed by atoms with E-state index in [0.29, 0.717) is 18.1 Å². The molecule has 0 amide bonds. The normalized spacial score (nSPS) is 12.0. The van der Waals surface area contributed by atoms with Crippen molar-refractivity contribution in [1.29, 1.82) is 0 Å². The smallest absolute Gasteiger partial charge is 0.250 e. The van der Waals surface area contributed by atoms with Crippen LogP contribution in [-0.2, 0) is 3.79 Å². The summed E-state index contributed by atoms with van der Waals surface area (Å²) >= 11 is 17.7. The highest BCUT2D eigenvalue weighted by Gasteiger charge is 2.28. The Labute approximate surface area is 160 Å². The number of hydrogen-bond acceptors (Lipinski definition) is 8. The molecule has 25 heavy (non-hydrogen) atoms. The molecule has 0 atom stereocenters. The number of aromatic nitrogens is 4. The summed E-state index contributed by atoms with van der Waals surface area (Å²) in [5.74, 6) is 0.893. The van der Waals surface area contributed by atoms with E-state index in [4.69, 9.17) is 45.3 Å². The molecule has 2 heterocycles. The predicted molar refractivity (Wildman–Crippen MR) is 99.9 cm³/mol. The Balaban J connectivity index is 2.28. The topological polar surface area (TPSA) is 111 Å². The van der Waals surface area contributed by atoms with Gasteiger partial charge in [-0.05, 0) is 19.9 Å². The second-order valence-corrected chi connectivity index (χ2v) is 8.14. The molecular weight excluding hydrogens is 389 g/mol. The summed E-state index contributed by atoms with van der Waals surface area (Å²) in [6.45, 7) is 4.14. The van der Waals surface area contributed by atoms with E-state index in [0.717, 1.165) is 0 Å². The van der Waals surface area contributed by atoms with Crippen LogP contribution < -0.4 is 21.1 Å². The fourth-order valence-electron chi connectivity index (χ4n) is 1.65. The van der Waals surface area contributed by atoms with Crippen molar-refractivity contribution in [1.82, 2.24) is 19.9 Å². The average Bonchev–Trinajstić information content (AvgIpc) is 2.52. The van der Waals surface area contributed by atoms with Crippen molar-refractivity contribution >= 4 is 52.4 Å². The molecule has 0 aliphatic carbocycles. The van der Waals surface area contributed by atoms with Gasteiger partial charge in [-0.25, -0.2) is 4.98 Å². The van der Waals surface area contributed by atoms with Gasteiger partial charge in [0.1, 0.15) is 0 Å². The molecule has 136 valence electrons. The summed E-state index contributed by atoms with van der Waals surface area (Å²) in [7, 11) is 1.53. The number of alkyl halides is 3.